The molecular weight excluding hydrogens is 784 g/mol. The molecule has 2 aliphatic carbocycles. The van der Waals surface area contributed by atoms with Crippen LogP contribution >= 0.6 is 11.3 Å². The number of rotatable bonds is 12. The number of hydrogen-bond donors (Lipinski definition) is 2. The van der Waals surface area contributed by atoms with Gasteiger partial charge in [0.2, 0.25) is 21.8 Å². The molecule has 0 spiro atoms. The highest BCUT2D eigenvalue weighted by molar-refractivity contribution is 7.91. The summed E-state index contributed by atoms with van der Waals surface area (Å²) in [4.78, 5) is 62.5. The van der Waals surface area contributed by atoms with Crippen molar-refractivity contribution in [2.45, 2.75) is 102 Å². The Kier molecular flexibility index (Phi) is 10.7. The van der Waals surface area contributed by atoms with Gasteiger partial charge in [0.15, 0.2) is 0 Å². The van der Waals surface area contributed by atoms with Crippen molar-refractivity contribution in [1.82, 2.24) is 19.9 Å². The molecule has 308 valence electrons. The Morgan fingerprint density at radius 1 is 1.07 bits per heavy atom. The number of hydrogen-bond acceptors (Lipinski definition) is 10. The van der Waals surface area contributed by atoms with Crippen molar-refractivity contribution in [2.75, 3.05) is 6.54 Å². The second kappa shape index (κ2) is 15.0. The van der Waals surface area contributed by atoms with Crippen LogP contribution in [-0.2, 0) is 33.9 Å². The summed E-state index contributed by atoms with van der Waals surface area (Å²) in [5.41, 5.74) is -1.08. The first kappa shape index (κ1) is 41.3. The van der Waals surface area contributed by atoms with E-state index in [1.165, 1.54) is 34.4 Å². The number of halogens is 1. The lowest BCUT2D eigenvalue weighted by molar-refractivity contribution is -0.161. The highest BCUT2D eigenvalue weighted by Crippen LogP contribution is 2.46. The summed E-state index contributed by atoms with van der Waals surface area (Å²) in [6.07, 6.45) is 1.51. The van der Waals surface area contributed by atoms with Crippen LogP contribution in [0.4, 0.5) is 4.39 Å². The molecule has 4 aromatic rings. The molecule has 3 aliphatic rings. The number of carbonyl (C=O) groups excluding carboxylic acids is 4. The average molecular weight is 833 g/mol. The molecule has 3 fully saturated rings. The molecule has 0 bridgehead atoms. The molecule has 1 saturated heterocycles. The van der Waals surface area contributed by atoms with Crippen molar-refractivity contribution in [2.24, 2.45) is 17.3 Å². The fourth-order valence-corrected chi connectivity index (χ4v) is 10.1. The Hall–Kier alpha value is -4.89. The number of likely N-dealkylation sites (tertiary alicyclic amines) is 1. The van der Waals surface area contributed by atoms with E-state index < -0.39 is 85.3 Å². The number of fused-ring (bicyclic) bond motifs is 3. The lowest BCUT2D eigenvalue weighted by atomic mass is 9.77. The normalized spacial score (nSPS) is 22.7. The van der Waals surface area contributed by atoms with E-state index in [0.717, 1.165) is 10.9 Å². The molecule has 2 aromatic heterocycles. The zero-order valence-corrected chi connectivity index (χ0v) is 35.1. The van der Waals surface area contributed by atoms with Gasteiger partial charge in [-0.25, -0.2) is 17.8 Å². The largest absolute Gasteiger partial charge is 0.487 e. The number of amides is 3. The molecular formula is C43H49FN4O8S2. The SMILES string of the molecule is C=C[C@@H]1C[C@]1(NC(=O)[C@@H]1C[C@@H](Oc2cc(-c3ccccc3)nc3c2sc2cc(F)ccc23)CN1C(=O)[C@@H](CC(=O)OC(C)(C)C)C(C)(C)C)C(=O)NS(=O)(=O)C1CC1. The summed E-state index contributed by atoms with van der Waals surface area (Å²) in [6.45, 7) is 14.5. The summed E-state index contributed by atoms with van der Waals surface area (Å²) in [6, 6.07) is 14.6. The zero-order valence-electron chi connectivity index (χ0n) is 33.5. The van der Waals surface area contributed by atoms with Crippen molar-refractivity contribution in [3.63, 3.8) is 0 Å². The number of nitrogens with one attached hydrogen (secondary N) is 2. The molecule has 2 saturated carbocycles. The second-order valence-corrected chi connectivity index (χ2v) is 20.7. The Balaban J connectivity index is 1.24. The van der Waals surface area contributed by atoms with Gasteiger partial charge in [0, 0.05) is 34.1 Å². The van der Waals surface area contributed by atoms with Crippen LogP contribution in [0.2, 0.25) is 0 Å². The molecule has 0 radical (unpaired) electrons. The third kappa shape index (κ3) is 8.47. The van der Waals surface area contributed by atoms with E-state index in [2.05, 4.69) is 16.6 Å². The Labute approximate surface area is 341 Å². The van der Waals surface area contributed by atoms with Gasteiger partial charge in [0.05, 0.1) is 40.0 Å². The number of esters is 1. The van der Waals surface area contributed by atoms with E-state index in [0.29, 0.717) is 39.2 Å². The molecule has 0 unspecified atom stereocenters. The topological polar surface area (TPSA) is 161 Å². The Morgan fingerprint density at radius 3 is 2.40 bits per heavy atom. The predicted molar refractivity (Wildman–Crippen MR) is 220 cm³/mol. The maximum atomic E-state index is 14.8. The van der Waals surface area contributed by atoms with E-state index in [9.17, 15) is 32.0 Å². The molecule has 15 heteroatoms. The number of pyridine rings is 1. The van der Waals surface area contributed by atoms with Crippen molar-refractivity contribution in [1.29, 1.82) is 0 Å². The van der Waals surface area contributed by atoms with Crippen molar-refractivity contribution < 1.29 is 41.5 Å². The lowest BCUT2D eigenvalue weighted by Crippen LogP contribution is -2.57. The number of aromatic nitrogens is 1. The Bertz CT molecular complexity index is 2420. The molecule has 2 aromatic carbocycles. The van der Waals surface area contributed by atoms with Gasteiger partial charge in [-0.3, -0.25) is 23.9 Å². The van der Waals surface area contributed by atoms with Gasteiger partial charge in [0.1, 0.15) is 34.9 Å². The van der Waals surface area contributed by atoms with Crippen LogP contribution in [0.3, 0.4) is 0 Å². The average Bonchev–Trinajstić information content (AvgIpc) is 4.05. The first-order valence-electron chi connectivity index (χ1n) is 19.5. The van der Waals surface area contributed by atoms with Gasteiger partial charge in [-0.15, -0.1) is 17.9 Å². The number of ether oxygens (including phenoxy) is 2. The third-order valence-corrected chi connectivity index (χ3v) is 13.9. The molecule has 5 atom stereocenters. The van der Waals surface area contributed by atoms with Crippen LogP contribution in [0.25, 0.3) is 31.6 Å². The van der Waals surface area contributed by atoms with E-state index in [4.69, 9.17) is 14.5 Å². The highest BCUT2D eigenvalue weighted by atomic mass is 32.2. The Morgan fingerprint density at radius 2 is 1.78 bits per heavy atom. The maximum Gasteiger partial charge on any atom is 0.307 e. The van der Waals surface area contributed by atoms with Gasteiger partial charge in [-0.05, 0) is 63.6 Å². The summed E-state index contributed by atoms with van der Waals surface area (Å²) >= 11 is 1.31. The molecule has 3 heterocycles. The highest BCUT2D eigenvalue weighted by Gasteiger charge is 2.62. The summed E-state index contributed by atoms with van der Waals surface area (Å²) < 4.78 is 55.9. The van der Waals surface area contributed by atoms with Crippen LogP contribution in [0.5, 0.6) is 5.75 Å². The monoisotopic (exact) mass is 832 g/mol. The first-order valence-corrected chi connectivity index (χ1v) is 21.8. The molecule has 58 heavy (non-hydrogen) atoms. The second-order valence-electron chi connectivity index (χ2n) is 17.7. The number of benzene rings is 2. The van der Waals surface area contributed by atoms with E-state index in [1.807, 2.05) is 51.1 Å². The van der Waals surface area contributed by atoms with Crippen LogP contribution in [0.1, 0.15) is 73.6 Å². The summed E-state index contributed by atoms with van der Waals surface area (Å²) in [5, 5.41) is 2.91. The molecule has 12 nitrogen and oxygen atoms in total. The van der Waals surface area contributed by atoms with Crippen LogP contribution in [0, 0.1) is 23.1 Å². The lowest BCUT2D eigenvalue weighted by Gasteiger charge is -2.35. The van der Waals surface area contributed by atoms with Crippen molar-refractivity contribution in [3.05, 3.63) is 73.1 Å². The van der Waals surface area contributed by atoms with Gasteiger partial charge >= 0.3 is 5.97 Å². The molecule has 3 amide bonds. The molecule has 2 N–H and O–H groups in total. The van der Waals surface area contributed by atoms with E-state index in [1.54, 1.807) is 32.9 Å². The van der Waals surface area contributed by atoms with Crippen LogP contribution < -0.4 is 14.8 Å². The van der Waals surface area contributed by atoms with Crippen molar-refractivity contribution >= 4 is 65.4 Å². The summed E-state index contributed by atoms with van der Waals surface area (Å²) in [5.74, 6) is -3.98. The van der Waals surface area contributed by atoms with Gasteiger partial charge in [-0.1, -0.05) is 57.2 Å². The van der Waals surface area contributed by atoms with E-state index >= 15 is 0 Å². The minimum absolute atomic E-state index is 0.00170. The fraction of sp³-hybridized carbons (Fsp3) is 0.465. The maximum absolute atomic E-state index is 14.8. The van der Waals surface area contributed by atoms with Crippen LogP contribution in [-0.4, -0.2) is 77.1 Å². The summed E-state index contributed by atoms with van der Waals surface area (Å²) in [7, 11) is -3.93. The number of sulfonamides is 1. The van der Waals surface area contributed by atoms with Gasteiger partial charge in [0.25, 0.3) is 5.91 Å². The van der Waals surface area contributed by atoms with Crippen LogP contribution in [0.15, 0.2) is 67.3 Å². The van der Waals surface area contributed by atoms with Gasteiger partial charge < -0.3 is 19.7 Å². The number of thiophene rings is 1. The predicted octanol–water partition coefficient (Wildman–Crippen LogP) is 6.67. The quantitative estimate of drug-likeness (QED) is 0.117. The molecule has 1 aliphatic heterocycles. The number of carbonyl (C=O) groups is 4. The smallest absolute Gasteiger partial charge is 0.307 e. The molecule has 7 rings (SSSR count). The van der Waals surface area contributed by atoms with Crippen molar-refractivity contribution in [3.8, 4) is 17.0 Å². The first-order chi connectivity index (χ1) is 27.2. The third-order valence-electron chi connectivity index (χ3n) is 10.9. The minimum atomic E-state index is -3.93. The fourth-order valence-electron chi connectivity index (χ4n) is 7.61. The minimum Gasteiger partial charge on any atom is -0.487 e. The number of nitrogens with zero attached hydrogens (tertiary/aromatic N) is 2. The zero-order chi connectivity index (χ0) is 41.9. The standard InChI is InChI=1S/C43H49FN4O8S2/c1-8-25-22-43(25,40(52)47-58(53,54)28-15-16-28)46-38(50)32-19-27(23-48(32)39(51)30(41(2,3)4)20-35(49)56-42(5,6)7)55-33-21-31(24-12-10-9-11-13-24)45-36-29-17-14-26(44)18-34(29)57-37(33)36/h8-14,17-18,21,25,27-28,30,32H,1,15-16,19-20,22-23H2,2-7H3,(H,46,50)(H,47,52)/t25-,27-,30-,32+,43-/m1/s1. The van der Waals surface area contributed by atoms with Gasteiger partial charge in [-0.2, -0.15) is 0 Å². The van der Waals surface area contributed by atoms with E-state index in [-0.39, 0.29) is 25.8 Å².